The van der Waals surface area contributed by atoms with E-state index in [1.165, 1.54) is 6.20 Å². The lowest BCUT2D eigenvalue weighted by Crippen LogP contribution is -2.25. The van der Waals surface area contributed by atoms with Gasteiger partial charge in [0.15, 0.2) is 0 Å². The van der Waals surface area contributed by atoms with Gasteiger partial charge in [-0.3, -0.25) is 9.78 Å². The molecule has 0 fully saturated rings. The molecule has 0 aromatic carbocycles. The van der Waals surface area contributed by atoms with Gasteiger partial charge in [0.2, 0.25) is 5.89 Å². The van der Waals surface area contributed by atoms with Gasteiger partial charge < -0.3 is 15.6 Å². The van der Waals surface area contributed by atoms with Crippen LogP contribution in [0.15, 0.2) is 23.0 Å². The first-order valence-corrected chi connectivity index (χ1v) is 5.43. The van der Waals surface area contributed by atoms with Gasteiger partial charge in [-0.25, -0.2) is 0 Å². The van der Waals surface area contributed by atoms with Crippen LogP contribution in [0.4, 0.5) is 5.95 Å². The Kier molecular flexibility index (Phi) is 3.52. The number of nitrogens with one attached hydrogen (secondary N) is 1. The third-order valence-electron chi connectivity index (χ3n) is 2.25. The van der Waals surface area contributed by atoms with Crippen LogP contribution in [0.1, 0.15) is 21.8 Å². The molecule has 0 aliphatic carbocycles. The summed E-state index contributed by atoms with van der Waals surface area (Å²) < 4.78 is 4.82. The maximum absolute atomic E-state index is 11.7. The van der Waals surface area contributed by atoms with Crippen molar-refractivity contribution < 1.29 is 9.32 Å². The van der Waals surface area contributed by atoms with E-state index in [1.807, 2.05) is 6.92 Å². The molecule has 0 aliphatic heterocycles. The zero-order valence-electron chi connectivity index (χ0n) is 9.88. The first-order valence-electron chi connectivity index (χ1n) is 5.43. The van der Waals surface area contributed by atoms with E-state index in [0.717, 1.165) is 5.56 Å². The van der Waals surface area contributed by atoms with E-state index in [1.54, 1.807) is 12.3 Å². The molecule has 0 bridgehead atoms. The van der Waals surface area contributed by atoms with Crippen molar-refractivity contribution in [1.82, 2.24) is 20.4 Å². The average Bonchev–Trinajstić information content (AvgIpc) is 2.75. The standard InChI is InChI=1S/C11H13N5O2/c1-7-4-8(6-13-5-7)10(17)14-3-2-9-15-11(12)16-18-9/h4-6H,2-3H2,1H3,(H2,12,16)(H,14,17). The van der Waals surface area contributed by atoms with Crippen LogP contribution in [0.2, 0.25) is 0 Å². The first kappa shape index (κ1) is 12.0. The van der Waals surface area contributed by atoms with Crippen LogP contribution in [-0.4, -0.2) is 27.6 Å². The minimum absolute atomic E-state index is 0.0965. The summed E-state index contributed by atoms with van der Waals surface area (Å²) in [4.78, 5) is 19.5. The van der Waals surface area contributed by atoms with Crippen LogP contribution in [0.3, 0.4) is 0 Å². The Hall–Kier alpha value is -2.44. The molecule has 2 rings (SSSR count). The number of carbonyl (C=O) groups excluding carboxylic acids is 1. The molecule has 0 aliphatic rings. The predicted molar refractivity (Wildman–Crippen MR) is 63.7 cm³/mol. The van der Waals surface area contributed by atoms with Crippen molar-refractivity contribution in [1.29, 1.82) is 0 Å². The number of amides is 1. The Bertz CT molecular complexity index is 552. The number of aryl methyl sites for hydroxylation is 1. The van der Waals surface area contributed by atoms with Gasteiger partial charge in [-0.15, -0.1) is 0 Å². The van der Waals surface area contributed by atoms with Gasteiger partial charge in [0.05, 0.1) is 5.56 Å². The third kappa shape index (κ3) is 3.03. The van der Waals surface area contributed by atoms with Crippen molar-refractivity contribution in [3.8, 4) is 0 Å². The number of hydrogen-bond acceptors (Lipinski definition) is 6. The summed E-state index contributed by atoms with van der Waals surface area (Å²) in [5.74, 6) is 0.313. The molecule has 7 nitrogen and oxygen atoms in total. The number of carbonyl (C=O) groups is 1. The minimum Gasteiger partial charge on any atom is -0.365 e. The highest BCUT2D eigenvalue weighted by Gasteiger charge is 2.07. The zero-order valence-corrected chi connectivity index (χ0v) is 9.88. The Morgan fingerprint density at radius 2 is 2.33 bits per heavy atom. The fourth-order valence-corrected chi connectivity index (χ4v) is 1.43. The number of nitrogens with two attached hydrogens (primary N) is 1. The quantitative estimate of drug-likeness (QED) is 0.806. The number of aromatic nitrogens is 3. The van der Waals surface area contributed by atoms with Crippen molar-refractivity contribution in [2.45, 2.75) is 13.3 Å². The Morgan fingerprint density at radius 1 is 1.50 bits per heavy atom. The van der Waals surface area contributed by atoms with Crippen molar-refractivity contribution in [2.24, 2.45) is 0 Å². The molecule has 0 spiro atoms. The van der Waals surface area contributed by atoms with Gasteiger partial charge in [0, 0.05) is 25.4 Å². The maximum atomic E-state index is 11.7. The van der Waals surface area contributed by atoms with Crippen LogP contribution in [0.25, 0.3) is 0 Å². The van der Waals surface area contributed by atoms with Crippen LogP contribution >= 0.6 is 0 Å². The van der Waals surface area contributed by atoms with Crippen molar-refractivity contribution in [3.63, 3.8) is 0 Å². The molecular formula is C11H13N5O2. The summed E-state index contributed by atoms with van der Waals surface area (Å²) in [6.07, 6.45) is 3.65. The Labute approximate surface area is 103 Å². The van der Waals surface area contributed by atoms with E-state index >= 15 is 0 Å². The number of nitrogens with zero attached hydrogens (tertiary/aromatic N) is 3. The average molecular weight is 247 g/mol. The van der Waals surface area contributed by atoms with E-state index in [-0.39, 0.29) is 11.9 Å². The molecule has 2 aromatic heterocycles. The highest BCUT2D eigenvalue weighted by Crippen LogP contribution is 2.01. The van der Waals surface area contributed by atoms with Crippen molar-refractivity contribution in [3.05, 3.63) is 35.5 Å². The zero-order chi connectivity index (χ0) is 13.0. The van der Waals surface area contributed by atoms with Gasteiger partial charge >= 0.3 is 0 Å². The second-order valence-electron chi connectivity index (χ2n) is 3.80. The molecule has 2 aromatic rings. The van der Waals surface area contributed by atoms with E-state index in [0.29, 0.717) is 24.4 Å². The molecule has 7 heteroatoms. The number of anilines is 1. The molecule has 2 heterocycles. The monoisotopic (exact) mass is 247 g/mol. The summed E-state index contributed by atoms with van der Waals surface area (Å²) >= 11 is 0. The molecule has 94 valence electrons. The Balaban J connectivity index is 1.85. The molecule has 1 amide bonds. The lowest BCUT2D eigenvalue weighted by molar-refractivity contribution is 0.0953. The Morgan fingerprint density at radius 3 is 3.00 bits per heavy atom. The summed E-state index contributed by atoms with van der Waals surface area (Å²) in [5, 5.41) is 6.19. The van der Waals surface area contributed by atoms with Gasteiger partial charge in [0.25, 0.3) is 11.9 Å². The summed E-state index contributed by atoms with van der Waals surface area (Å²) in [7, 11) is 0. The van der Waals surface area contributed by atoms with Crippen LogP contribution in [0, 0.1) is 6.92 Å². The van der Waals surface area contributed by atoms with Gasteiger partial charge in [-0.05, 0) is 23.7 Å². The predicted octanol–water partition coefficient (Wildman–Crippen LogP) is 0.328. The summed E-state index contributed by atoms with van der Waals surface area (Å²) in [6, 6.07) is 1.77. The number of nitrogen functional groups attached to an aromatic ring is 1. The van der Waals surface area contributed by atoms with E-state index in [4.69, 9.17) is 10.3 Å². The third-order valence-corrected chi connectivity index (χ3v) is 2.25. The molecule has 0 unspecified atom stereocenters. The van der Waals surface area contributed by atoms with Crippen LogP contribution in [0.5, 0.6) is 0 Å². The molecule has 3 N–H and O–H groups in total. The highest BCUT2D eigenvalue weighted by atomic mass is 16.5. The van der Waals surface area contributed by atoms with Gasteiger partial charge in [-0.1, -0.05) is 0 Å². The fourth-order valence-electron chi connectivity index (χ4n) is 1.43. The highest BCUT2D eigenvalue weighted by molar-refractivity contribution is 5.93. The van der Waals surface area contributed by atoms with Crippen molar-refractivity contribution in [2.75, 3.05) is 12.3 Å². The smallest absolute Gasteiger partial charge is 0.260 e. The second-order valence-corrected chi connectivity index (χ2v) is 3.80. The largest absolute Gasteiger partial charge is 0.365 e. The van der Waals surface area contributed by atoms with E-state index < -0.39 is 0 Å². The number of hydrogen-bond donors (Lipinski definition) is 2. The molecule has 0 saturated carbocycles. The topological polar surface area (TPSA) is 107 Å². The number of rotatable bonds is 4. The number of pyridine rings is 1. The molecule has 0 radical (unpaired) electrons. The maximum Gasteiger partial charge on any atom is 0.260 e. The SMILES string of the molecule is Cc1cncc(C(=O)NCCc2nc(N)no2)c1. The van der Waals surface area contributed by atoms with E-state index in [2.05, 4.69) is 20.4 Å². The summed E-state index contributed by atoms with van der Waals surface area (Å²) in [6.45, 7) is 2.28. The fraction of sp³-hybridized carbons (Fsp3) is 0.273. The molecule has 18 heavy (non-hydrogen) atoms. The van der Waals surface area contributed by atoms with Gasteiger partial charge in [0.1, 0.15) is 0 Å². The minimum atomic E-state index is -0.182. The molecule has 0 atom stereocenters. The van der Waals surface area contributed by atoms with Crippen molar-refractivity contribution >= 4 is 11.9 Å². The molecular weight excluding hydrogens is 234 g/mol. The second kappa shape index (κ2) is 5.26. The molecule has 0 saturated heterocycles. The lowest BCUT2D eigenvalue weighted by atomic mass is 10.2. The lowest BCUT2D eigenvalue weighted by Gasteiger charge is -2.03. The van der Waals surface area contributed by atoms with E-state index in [9.17, 15) is 4.79 Å². The van der Waals surface area contributed by atoms with Crippen LogP contribution < -0.4 is 11.1 Å². The van der Waals surface area contributed by atoms with Crippen LogP contribution in [-0.2, 0) is 6.42 Å². The normalized spacial score (nSPS) is 10.3. The first-order chi connectivity index (χ1) is 8.65. The summed E-state index contributed by atoms with van der Waals surface area (Å²) in [5.41, 5.74) is 6.77. The van der Waals surface area contributed by atoms with Gasteiger partial charge in [-0.2, -0.15) is 4.98 Å².